The van der Waals surface area contributed by atoms with Crippen molar-refractivity contribution in [2.45, 2.75) is 20.3 Å². The van der Waals surface area contributed by atoms with Crippen molar-refractivity contribution in [3.63, 3.8) is 0 Å². The number of hydrogen-bond acceptors (Lipinski definition) is 0. The van der Waals surface area contributed by atoms with E-state index >= 15 is 0 Å². The van der Waals surface area contributed by atoms with Crippen LogP contribution >= 0.6 is 0 Å². The maximum Gasteiger partial charge on any atom is 3.00 e. The molecule has 0 unspecified atom stereocenters. The summed E-state index contributed by atoms with van der Waals surface area (Å²) in [6, 6.07) is 28.2. The number of benzene rings is 3. The smallest absolute Gasteiger partial charge is 0.199 e. The summed E-state index contributed by atoms with van der Waals surface area (Å²) < 4.78 is 0. The molecular weight excluding hydrogens is 428 g/mol. The first-order valence-corrected chi connectivity index (χ1v) is 9.50. The second-order valence-electron chi connectivity index (χ2n) is 6.87. The fraction of sp³-hybridized carbons (Fsp3) is 0.107. The molecule has 0 heterocycles. The molecule has 3 aromatic rings. The molecule has 145 valence electrons. The van der Waals surface area contributed by atoms with Gasteiger partial charge in [0, 0.05) is 0 Å². The molecule has 0 N–H and O–H groups in total. The first-order chi connectivity index (χ1) is 13.5. The Labute approximate surface area is 196 Å². The third-order valence-electron chi connectivity index (χ3n) is 4.62. The molecule has 0 nitrogen and oxygen atoms in total. The SMILES string of the molecule is [CH2-]c1cccc(C2=C(C)C(C)=CC2)c1.[CH2-]c1ccccc1.[CH2-]c1ccccc1.[Zr+3]. The predicted molar refractivity (Wildman–Crippen MR) is 124 cm³/mol. The van der Waals surface area contributed by atoms with Gasteiger partial charge in [-0.25, -0.2) is 0 Å². The van der Waals surface area contributed by atoms with Gasteiger partial charge in [0.1, 0.15) is 0 Å². The van der Waals surface area contributed by atoms with Crippen molar-refractivity contribution >= 4 is 5.57 Å². The van der Waals surface area contributed by atoms with Crippen LogP contribution in [0.2, 0.25) is 0 Å². The number of allylic oxidation sites excluding steroid dienone is 4. The Morgan fingerprint density at radius 2 is 1.10 bits per heavy atom. The summed E-state index contributed by atoms with van der Waals surface area (Å²) in [5, 5.41) is 0. The molecule has 0 bridgehead atoms. The van der Waals surface area contributed by atoms with Crippen molar-refractivity contribution in [3.05, 3.63) is 145 Å². The van der Waals surface area contributed by atoms with E-state index in [4.69, 9.17) is 0 Å². The summed E-state index contributed by atoms with van der Waals surface area (Å²) in [5.74, 6) is 0. The summed E-state index contributed by atoms with van der Waals surface area (Å²) >= 11 is 0. The molecule has 29 heavy (non-hydrogen) atoms. The van der Waals surface area contributed by atoms with Gasteiger partial charge in [-0.05, 0) is 31.4 Å². The van der Waals surface area contributed by atoms with Gasteiger partial charge in [0.15, 0.2) is 0 Å². The van der Waals surface area contributed by atoms with Gasteiger partial charge in [-0.1, -0.05) is 35.4 Å². The standard InChI is InChI=1S/C14H15.2C7H7.Zr/c1-10-5-4-6-13(9-10)14-8-7-11(2)12(14)3;2*1-7-5-3-2-4-6-7;/h4-7,9H,1,8H2,2-3H3;2*2-6H,1H2;/q3*-1;+3. The van der Waals surface area contributed by atoms with Crippen LogP contribution in [-0.4, -0.2) is 0 Å². The second kappa shape index (κ2) is 13.0. The van der Waals surface area contributed by atoms with Gasteiger partial charge in [0.25, 0.3) is 0 Å². The fourth-order valence-electron chi connectivity index (χ4n) is 2.85. The quantitative estimate of drug-likeness (QED) is 0.329. The van der Waals surface area contributed by atoms with Gasteiger partial charge in [-0.2, -0.15) is 73.9 Å². The van der Waals surface area contributed by atoms with Crippen molar-refractivity contribution in [3.8, 4) is 0 Å². The summed E-state index contributed by atoms with van der Waals surface area (Å²) in [6.45, 7) is 15.8. The molecular formula is C28H29Zr. The van der Waals surface area contributed by atoms with Gasteiger partial charge in [0.2, 0.25) is 0 Å². The molecule has 0 amide bonds. The maximum atomic E-state index is 3.96. The van der Waals surface area contributed by atoms with E-state index in [1.165, 1.54) is 22.3 Å². The van der Waals surface area contributed by atoms with Gasteiger partial charge in [-0.15, -0.1) is 30.3 Å². The summed E-state index contributed by atoms with van der Waals surface area (Å²) in [5.41, 5.74) is 8.85. The van der Waals surface area contributed by atoms with Crippen molar-refractivity contribution < 1.29 is 26.2 Å². The molecule has 1 aliphatic rings. The molecule has 0 fully saturated rings. The summed E-state index contributed by atoms with van der Waals surface area (Å²) in [7, 11) is 0. The van der Waals surface area contributed by atoms with Gasteiger partial charge >= 0.3 is 26.2 Å². The summed E-state index contributed by atoms with van der Waals surface area (Å²) in [4.78, 5) is 0. The van der Waals surface area contributed by atoms with Crippen LogP contribution in [0.4, 0.5) is 0 Å². The number of hydrogen-bond donors (Lipinski definition) is 0. The van der Waals surface area contributed by atoms with Crippen LogP contribution in [0.25, 0.3) is 5.57 Å². The zero-order valence-corrected chi connectivity index (χ0v) is 19.9. The first kappa shape index (κ1) is 24.7. The Bertz CT molecular complexity index is 881. The zero-order chi connectivity index (χ0) is 20.4. The average molecular weight is 457 g/mol. The Hall–Kier alpha value is -2.37. The molecule has 1 aliphatic carbocycles. The van der Waals surface area contributed by atoms with Crippen LogP contribution < -0.4 is 0 Å². The molecule has 1 heteroatoms. The molecule has 4 rings (SSSR count). The normalized spacial score (nSPS) is 11.9. The molecule has 0 saturated carbocycles. The van der Waals surface area contributed by atoms with E-state index in [2.05, 4.69) is 58.9 Å². The molecule has 1 radical (unpaired) electrons. The molecule has 3 aromatic carbocycles. The van der Waals surface area contributed by atoms with Crippen LogP contribution in [0.5, 0.6) is 0 Å². The van der Waals surface area contributed by atoms with Crippen LogP contribution in [0.15, 0.2) is 102 Å². The second-order valence-corrected chi connectivity index (χ2v) is 6.87. The van der Waals surface area contributed by atoms with Gasteiger partial charge in [0.05, 0.1) is 0 Å². The van der Waals surface area contributed by atoms with E-state index in [0.29, 0.717) is 0 Å². The monoisotopic (exact) mass is 455 g/mol. The maximum absolute atomic E-state index is 3.96. The molecule has 0 saturated heterocycles. The van der Waals surface area contributed by atoms with Gasteiger partial charge < -0.3 is 0 Å². The zero-order valence-electron chi connectivity index (χ0n) is 17.5. The van der Waals surface area contributed by atoms with Crippen LogP contribution in [0.3, 0.4) is 0 Å². The minimum Gasteiger partial charge on any atom is -0.199 e. The average Bonchev–Trinajstić information content (AvgIpc) is 3.03. The Balaban J connectivity index is 0.000000237. The van der Waals surface area contributed by atoms with Crippen molar-refractivity contribution in [1.29, 1.82) is 0 Å². The van der Waals surface area contributed by atoms with Crippen molar-refractivity contribution in [1.82, 2.24) is 0 Å². The van der Waals surface area contributed by atoms with E-state index < -0.39 is 0 Å². The molecule has 0 spiro atoms. The Morgan fingerprint density at radius 3 is 1.45 bits per heavy atom. The van der Waals surface area contributed by atoms with E-state index in [1.54, 1.807) is 0 Å². The Morgan fingerprint density at radius 1 is 0.621 bits per heavy atom. The summed E-state index contributed by atoms with van der Waals surface area (Å²) in [6.07, 6.45) is 3.36. The number of rotatable bonds is 1. The molecule has 0 atom stereocenters. The fourth-order valence-corrected chi connectivity index (χ4v) is 2.85. The molecule has 0 aromatic heterocycles. The largest absolute Gasteiger partial charge is 3.00 e. The van der Waals surface area contributed by atoms with Crippen molar-refractivity contribution in [2.24, 2.45) is 0 Å². The third kappa shape index (κ3) is 8.67. The molecule has 0 aliphatic heterocycles. The van der Waals surface area contributed by atoms with Crippen LogP contribution in [-0.2, 0) is 26.2 Å². The first-order valence-electron chi connectivity index (χ1n) is 9.50. The van der Waals surface area contributed by atoms with Crippen molar-refractivity contribution in [2.75, 3.05) is 0 Å². The Kier molecular flexibility index (Phi) is 11.0. The van der Waals surface area contributed by atoms with Crippen LogP contribution in [0.1, 0.15) is 42.5 Å². The minimum atomic E-state index is 0. The minimum absolute atomic E-state index is 0. The van der Waals surface area contributed by atoms with E-state index in [9.17, 15) is 0 Å². The third-order valence-corrected chi connectivity index (χ3v) is 4.62. The van der Waals surface area contributed by atoms with E-state index in [-0.39, 0.29) is 26.2 Å². The van der Waals surface area contributed by atoms with Crippen LogP contribution in [0, 0.1) is 20.8 Å². The van der Waals surface area contributed by atoms with E-state index in [0.717, 1.165) is 23.1 Å². The van der Waals surface area contributed by atoms with Gasteiger partial charge in [-0.3, -0.25) is 0 Å². The topological polar surface area (TPSA) is 0 Å². The van der Waals surface area contributed by atoms with E-state index in [1.807, 2.05) is 66.7 Å². The predicted octanol–water partition coefficient (Wildman–Crippen LogP) is 7.73.